The van der Waals surface area contributed by atoms with Crippen LogP contribution in [-0.4, -0.2) is 28.9 Å². The lowest BCUT2D eigenvalue weighted by atomic mass is 10.2. The van der Waals surface area contributed by atoms with E-state index in [9.17, 15) is 5.11 Å². The highest BCUT2D eigenvalue weighted by molar-refractivity contribution is 8.00. The first-order valence-electron chi connectivity index (χ1n) is 4.57. The molecule has 0 fully saturated rings. The molecule has 0 aliphatic rings. The minimum Gasteiger partial charge on any atom is -0.379 e. The van der Waals surface area contributed by atoms with Crippen molar-refractivity contribution in [2.24, 2.45) is 0 Å². The van der Waals surface area contributed by atoms with Gasteiger partial charge in [-0.3, -0.25) is 5.32 Å². The summed E-state index contributed by atoms with van der Waals surface area (Å²) in [7, 11) is 1.78. The third kappa shape index (κ3) is 6.95. The molecule has 0 aromatic carbocycles. The van der Waals surface area contributed by atoms with Crippen molar-refractivity contribution in [1.82, 2.24) is 5.32 Å². The monoisotopic (exact) mass is 191 g/mol. The van der Waals surface area contributed by atoms with Crippen molar-refractivity contribution in [3.05, 3.63) is 0 Å². The number of thioether (sulfide) groups is 1. The summed E-state index contributed by atoms with van der Waals surface area (Å²) in [5, 5.41) is 13.4. The summed E-state index contributed by atoms with van der Waals surface area (Å²) in [6, 6.07) is 0. The number of aliphatic hydroxyl groups is 1. The second-order valence-electron chi connectivity index (χ2n) is 3.38. The van der Waals surface area contributed by atoms with Crippen molar-refractivity contribution in [3.63, 3.8) is 0 Å². The van der Waals surface area contributed by atoms with E-state index in [0.29, 0.717) is 10.5 Å². The zero-order chi connectivity index (χ0) is 9.56. The van der Waals surface area contributed by atoms with Crippen LogP contribution in [0.15, 0.2) is 0 Å². The Morgan fingerprint density at radius 1 is 1.25 bits per heavy atom. The summed E-state index contributed by atoms with van der Waals surface area (Å²) in [6.45, 7) is 6.62. The Hall–Kier alpha value is 0.270. The quantitative estimate of drug-likeness (QED) is 0.628. The molecule has 0 saturated heterocycles. The molecule has 12 heavy (non-hydrogen) atoms. The summed E-state index contributed by atoms with van der Waals surface area (Å²) < 4.78 is 0. The van der Waals surface area contributed by atoms with Crippen LogP contribution in [0.5, 0.6) is 0 Å². The van der Waals surface area contributed by atoms with Crippen LogP contribution in [0.3, 0.4) is 0 Å². The Morgan fingerprint density at radius 3 is 2.25 bits per heavy atom. The molecule has 0 aliphatic heterocycles. The molecular formula is C9H21NOS. The van der Waals surface area contributed by atoms with Crippen molar-refractivity contribution < 1.29 is 5.11 Å². The van der Waals surface area contributed by atoms with Gasteiger partial charge in [0.15, 0.2) is 0 Å². The third-order valence-electron chi connectivity index (χ3n) is 1.68. The first-order chi connectivity index (χ1) is 5.56. The molecule has 0 aromatic rings. The zero-order valence-corrected chi connectivity index (χ0v) is 9.32. The highest BCUT2D eigenvalue weighted by Crippen LogP contribution is 2.20. The molecular weight excluding hydrogens is 170 g/mol. The van der Waals surface area contributed by atoms with Gasteiger partial charge in [-0.1, -0.05) is 20.8 Å². The zero-order valence-electron chi connectivity index (χ0n) is 8.50. The van der Waals surface area contributed by atoms with E-state index in [0.717, 1.165) is 12.8 Å². The third-order valence-corrected chi connectivity index (χ3v) is 2.93. The van der Waals surface area contributed by atoms with E-state index in [2.05, 4.69) is 26.1 Å². The summed E-state index contributed by atoms with van der Waals surface area (Å²) in [5.41, 5.74) is 0. The van der Waals surface area contributed by atoms with E-state index in [1.54, 1.807) is 7.05 Å². The van der Waals surface area contributed by atoms with Crippen molar-refractivity contribution in [3.8, 4) is 0 Å². The molecule has 2 atom stereocenters. The van der Waals surface area contributed by atoms with E-state index in [1.165, 1.54) is 0 Å². The fraction of sp³-hybridized carbons (Fsp3) is 1.00. The fourth-order valence-corrected chi connectivity index (χ4v) is 2.27. The van der Waals surface area contributed by atoms with E-state index >= 15 is 0 Å². The van der Waals surface area contributed by atoms with Gasteiger partial charge in [-0.05, 0) is 25.1 Å². The summed E-state index contributed by atoms with van der Waals surface area (Å²) >= 11 is 1.97. The second kappa shape index (κ2) is 6.75. The molecule has 2 nitrogen and oxygen atoms in total. The van der Waals surface area contributed by atoms with Gasteiger partial charge in [0.05, 0.1) is 0 Å². The van der Waals surface area contributed by atoms with Gasteiger partial charge in [0.1, 0.15) is 6.23 Å². The molecule has 0 spiro atoms. The molecule has 0 radical (unpaired) electrons. The first kappa shape index (κ1) is 12.3. The Morgan fingerprint density at radius 2 is 1.83 bits per heavy atom. The molecule has 2 N–H and O–H groups in total. The van der Waals surface area contributed by atoms with Gasteiger partial charge in [-0.15, -0.1) is 0 Å². The summed E-state index contributed by atoms with van der Waals surface area (Å²) in [4.78, 5) is 0. The van der Waals surface area contributed by atoms with Gasteiger partial charge < -0.3 is 5.11 Å². The van der Waals surface area contributed by atoms with Crippen LogP contribution in [0.1, 0.15) is 33.6 Å². The van der Waals surface area contributed by atoms with Gasteiger partial charge in [0, 0.05) is 5.25 Å². The van der Waals surface area contributed by atoms with E-state index in [-0.39, 0.29) is 6.23 Å². The molecule has 0 bridgehead atoms. The van der Waals surface area contributed by atoms with Crippen LogP contribution in [-0.2, 0) is 0 Å². The lowest BCUT2D eigenvalue weighted by Crippen LogP contribution is -2.25. The Bertz CT molecular complexity index is 109. The van der Waals surface area contributed by atoms with Crippen molar-refractivity contribution in [2.75, 3.05) is 7.05 Å². The Labute approximate surface area is 80.1 Å². The van der Waals surface area contributed by atoms with Crippen molar-refractivity contribution in [2.45, 2.75) is 50.3 Å². The average molecular weight is 191 g/mol. The minimum absolute atomic E-state index is 0.333. The van der Waals surface area contributed by atoms with Gasteiger partial charge >= 0.3 is 0 Å². The lowest BCUT2D eigenvalue weighted by molar-refractivity contribution is 0.135. The van der Waals surface area contributed by atoms with Crippen molar-refractivity contribution >= 4 is 11.8 Å². The normalized spacial score (nSPS) is 16.5. The van der Waals surface area contributed by atoms with Crippen LogP contribution in [0.4, 0.5) is 0 Å². The largest absolute Gasteiger partial charge is 0.379 e. The predicted octanol–water partition coefficient (Wildman–Crippen LogP) is 1.83. The molecule has 3 heteroatoms. The number of aliphatic hydroxyl groups excluding tert-OH is 1. The molecule has 0 heterocycles. The number of hydrogen-bond acceptors (Lipinski definition) is 3. The Kier molecular flexibility index (Phi) is 6.90. The van der Waals surface area contributed by atoms with E-state index in [4.69, 9.17) is 0 Å². The molecule has 0 amide bonds. The van der Waals surface area contributed by atoms with Gasteiger partial charge in [-0.25, -0.2) is 0 Å². The number of nitrogens with one attached hydrogen (secondary N) is 1. The predicted molar refractivity (Wildman–Crippen MR) is 56.5 cm³/mol. The van der Waals surface area contributed by atoms with Crippen LogP contribution in [0.2, 0.25) is 0 Å². The smallest absolute Gasteiger partial charge is 0.104 e. The molecule has 2 unspecified atom stereocenters. The lowest BCUT2D eigenvalue weighted by Gasteiger charge is -2.15. The van der Waals surface area contributed by atoms with Crippen LogP contribution >= 0.6 is 11.8 Å². The van der Waals surface area contributed by atoms with Crippen LogP contribution < -0.4 is 5.32 Å². The highest BCUT2D eigenvalue weighted by Gasteiger charge is 2.07. The average Bonchev–Trinajstić information content (AvgIpc) is 1.99. The van der Waals surface area contributed by atoms with Gasteiger partial charge in [-0.2, -0.15) is 11.8 Å². The summed E-state index contributed by atoms with van der Waals surface area (Å²) in [5.74, 6) is 0. The van der Waals surface area contributed by atoms with E-state index in [1.807, 2.05) is 11.8 Å². The topological polar surface area (TPSA) is 32.3 Å². The van der Waals surface area contributed by atoms with Crippen LogP contribution in [0, 0.1) is 0 Å². The van der Waals surface area contributed by atoms with Crippen molar-refractivity contribution in [1.29, 1.82) is 0 Å². The molecule has 0 rings (SSSR count). The Balaban J connectivity index is 3.36. The molecule has 0 aliphatic carbocycles. The molecule has 0 aromatic heterocycles. The van der Waals surface area contributed by atoms with Crippen LogP contribution in [0.25, 0.3) is 0 Å². The first-order valence-corrected chi connectivity index (χ1v) is 5.51. The number of hydrogen-bond donors (Lipinski definition) is 2. The maximum absolute atomic E-state index is 9.22. The van der Waals surface area contributed by atoms with E-state index < -0.39 is 0 Å². The maximum atomic E-state index is 9.22. The number of rotatable bonds is 6. The molecule has 74 valence electrons. The van der Waals surface area contributed by atoms with Gasteiger partial charge in [0.2, 0.25) is 0 Å². The standard InChI is InChI=1S/C9H21NOS/c1-7(2)12-8(3)5-6-9(11)10-4/h7-11H,5-6H2,1-4H3. The second-order valence-corrected chi connectivity index (χ2v) is 5.40. The summed E-state index contributed by atoms with van der Waals surface area (Å²) in [6.07, 6.45) is 1.59. The van der Waals surface area contributed by atoms with Gasteiger partial charge in [0.25, 0.3) is 0 Å². The minimum atomic E-state index is -0.333. The SMILES string of the molecule is CNC(O)CCC(C)SC(C)C. The maximum Gasteiger partial charge on any atom is 0.104 e. The molecule has 0 saturated carbocycles. The highest BCUT2D eigenvalue weighted by atomic mass is 32.2. The fourth-order valence-electron chi connectivity index (χ4n) is 1.07.